The Kier molecular flexibility index (Phi) is 4.20. The van der Waals surface area contributed by atoms with Crippen molar-refractivity contribution >= 4 is 17.3 Å². The van der Waals surface area contributed by atoms with Gasteiger partial charge < -0.3 is 9.84 Å². The molecule has 3 rings (SSSR count). The van der Waals surface area contributed by atoms with E-state index in [1.54, 1.807) is 11.4 Å². The Labute approximate surface area is 147 Å². The Morgan fingerprint density at radius 2 is 1.79 bits per heavy atom. The molecule has 0 aliphatic heterocycles. The molecule has 1 heterocycles. The molecule has 0 saturated carbocycles. The van der Waals surface area contributed by atoms with Crippen LogP contribution in [0.4, 0.5) is 0 Å². The number of ether oxygens (including phenoxy) is 1. The summed E-state index contributed by atoms with van der Waals surface area (Å²) in [7, 11) is 0. The van der Waals surface area contributed by atoms with Gasteiger partial charge in [0.05, 0.1) is 0 Å². The first-order valence-electron chi connectivity index (χ1n) is 8.28. The molecular weight excluding hydrogens is 320 g/mol. The predicted molar refractivity (Wildman–Crippen MR) is 97.3 cm³/mol. The lowest BCUT2D eigenvalue weighted by atomic mass is 9.63. The molecule has 0 fully saturated rings. The summed E-state index contributed by atoms with van der Waals surface area (Å²) in [4.78, 5) is 11.2. The fraction of sp³-hybridized carbons (Fsp3) is 0.450. The van der Waals surface area contributed by atoms with E-state index in [1.165, 1.54) is 35.3 Å². The smallest absolute Gasteiger partial charge is 0.346 e. The second kappa shape index (κ2) is 5.92. The molecule has 0 saturated heterocycles. The van der Waals surface area contributed by atoms with E-state index in [4.69, 9.17) is 9.84 Å². The van der Waals surface area contributed by atoms with Gasteiger partial charge >= 0.3 is 5.97 Å². The third kappa shape index (κ3) is 3.20. The van der Waals surface area contributed by atoms with Crippen LogP contribution in [0.3, 0.4) is 0 Å². The van der Waals surface area contributed by atoms with Gasteiger partial charge in [0, 0.05) is 11.4 Å². The maximum Gasteiger partial charge on any atom is 0.346 e. The molecule has 0 bridgehead atoms. The molecule has 0 spiro atoms. The Morgan fingerprint density at radius 3 is 2.42 bits per heavy atom. The highest BCUT2D eigenvalue weighted by molar-refractivity contribution is 7.12. The number of rotatable bonds is 4. The number of carboxylic acids is 1. The zero-order valence-electron chi connectivity index (χ0n) is 14.7. The topological polar surface area (TPSA) is 46.5 Å². The van der Waals surface area contributed by atoms with Crippen molar-refractivity contribution < 1.29 is 14.6 Å². The van der Waals surface area contributed by atoms with Gasteiger partial charge in [-0.15, -0.1) is 11.3 Å². The Morgan fingerprint density at radius 1 is 1.12 bits per heavy atom. The highest BCUT2D eigenvalue weighted by atomic mass is 32.1. The van der Waals surface area contributed by atoms with Crippen molar-refractivity contribution in [1.82, 2.24) is 0 Å². The Balaban J connectivity index is 1.81. The van der Waals surface area contributed by atoms with E-state index < -0.39 is 5.97 Å². The van der Waals surface area contributed by atoms with E-state index in [2.05, 4.69) is 45.9 Å². The predicted octanol–water partition coefficient (Wildman–Crippen LogP) is 5.37. The highest BCUT2D eigenvalue weighted by Gasteiger charge is 2.36. The van der Waals surface area contributed by atoms with Gasteiger partial charge in [0.1, 0.15) is 17.2 Å². The molecule has 3 nitrogen and oxygen atoms in total. The largest absolute Gasteiger partial charge is 0.488 e. The molecule has 4 heteroatoms. The minimum Gasteiger partial charge on any atom is -0.488 e. The van der Waals surface area contributed by atoms with Gasteiger partial charge in [-0.05, 0) is 40.4 Å². The van der Waals surface area contributed by atoms with Crippen LogP contribution >= 0.6 is 11.3 Å². The van der Waals surface area contributed by atoms with Gasteiger partial charge in [-0.2, -0.15) is 0 Å². The minimum atomic E-state index is -0.910. The first-order chi connectivity index (χ1) is 11.2. The molecule has 0 atom stereocenters. The van der Waals surface area contributed by atoms with E-state index in [1.807, 2.05) is 0 Å². The zero-order valence-corrected chi connectivity index (χ0v) is 15.5. The van der Waals surface area contributed by atoms with Gasteiger partial charge in [-0.1, -0.05) is 45.9 Å². The number of hydrogen-bond donors (Lipinski definition) is 1. The van der Waals surface area contributed by atoms with Crippen molar-refractivity contribution in [3.8, 4) is 5.75 Å². The summed E-state index contributed by atoms with van der Waals surface area (Å²) < 4.78 is 5.78. The number of aromatic carboxylic acids is 1. The number of fused-ring (bicyclic) bond motifs is 1. The van der Waals surface area contributed by atoms with Crippen molar-refractivity contribution in [2.45, 2.75) is 58.0 Å². The van der Waals surface area contributed by atoms with Crippen LogP contribution < -0.4 is 4.74 Å². The molecule has 1 aliphatic carbocycles. The van der Waals surface area contributed by atoms with Gasteiger partial charge in [-0.3, -0.25) is 0 Å². The molecule has 128 valence electrons. The Bertz CT molecular complexity index is 771. The fourth-order valence-corrected chi connectivity index (χ4v) is 4.06. The normalized spacial score (nSPS) is 18.0. The third-order valence-corrected chi connectivity index (χ3v) is 6.01. The Hall–Kier alpha value is -1.81. The summed E-state index contributed by atoms with van der Waals surface area (Å²) in [5.74, 6) is -0.290. The number of thiophene rings is 1. The number of hydrogen-bond acceptors (Lipinski definition) is 3. The van der Waals surface area contributed by atoms with E-state index in [-0.39, 0.29) is 10.8 Å². The molecule has 0 amide bonds. The first kappa shape index (κ1) is 17.0. The van der Waals surface area contributed by atoms with Crippen LogP contribution in [0.25, 0.3) is 0 Å². The second-order valence-electron chi connectivity index (χ2n) is 7.89. The minimum absolute atomic E-state index is 0.180. The summed E-state index contributed by atoms with van der Waals surface area (Å²) in [5, 5.41) is 10.7. The second-order valence-corrected chi connectivity index (χ2v) is 8.80. The summed E-state index contributed by atoms with van der Waals surface area (Å²) in [5.41, 5.74) is 4.37. The molecule has 24 heavy (non-hydrogen) atoms. The third-order valence-electron chi connectivity index (χ3n) is 5.11. The molecule has 1 N–H and O–H groups in total. The average molecular weight is 344 g/mol. The van der Waals surface area contributed by atoms with Gasteiger partial charge in [0.15, 0.2) is 0 Å². The average Bonchev–Trinajstić information content (AvgIpc) is 2.99. The molecule has 1 aromatic carbocycles. The van der Waals surface area contributed by atoms with Crippen LogP contribution in [0, 0.1) is 0 Å². The monoisotopic (exact) mass is 344 g/mol. The van der Waals surface area contributed by atoms with E-state index in [0.29, 0.717) is 17.2 Å². The molecule has 2 aromatic rings. The molecule has 0 radical (unpaired) electrons. The van der Waals surface area contributed by atoms with Crippen molar-refractivity contribution in [2.24, 2.45) is 0 Å². The van der Waals surface area contributed by atoms with Crippen LogP contribution in [-0.4, -0.2) is 11.1 Å². The summed E-state index contributed by atoms with van der Waals surface area (Å²) in [6.45, 7) is 9.71. The standard InChI is InChI=1S/C20H24O3S/c1-19(2)7-8-20(3,4)16-9-13(5-6-15(16)19)11-23-14-10-17(18(21)22)24-12-14/h5-6,9-10,12H,7-8,11H2,1-4H3,(H,21,22). The molecular formula is C20H24O3S. The van der Waals surface area contributed by atoms with Gasteiger partial charge in [0.2, 0.25) is 0 Å². The van der Waals surface area contributed by atoms with E-state index in [0.717, 1.165) is 5.56 Å². The van der Waals surface area contributed by atoms with Gasteiger partial charge in [0.25, 0.3) is 0 Å². The van der Waals surface area contributed by atoms with Gasteiger partial charge in [-0.25, -0.2) is 4.79 Å². The number of carbonyl (C=O) groups is 1. The molecule has 0 unspecified atom stereocenters. The van der Waals surface area contributed by atoms with Crippen molar-refractivity contribution in [1.29, 1.82) is 0 Å². The van der Waals surface area contributed by atoms with Crippen LogP contribution in [0.15, 0.2) is 29.6 Å². The number of benzene rings is 1. The summed E-state index contributed by atoms with van der Waals surface area (Å²) in [6, 6.07) is 8.22. The lowest BCUT2D eigenvalue weighted by molar-refractivity contribution is 0.0702. The fourth-order valence-electron chi connectivity index (χ4n) is 3.40. The first-order valence-corrected chi connectivity index (χ1v) is 9.15. The maximum absolute atomic E-state index is 10.9. The molecule has 1 aliphatic rings. The lowest BCUT2D eigenvalue weighted by Crippen LogP contribution is -2.33. The van der Waals surface area contributed by atoms with Crippen LogP contribution in [0.2, 0.25) is 0 Å². The van der Waals surface area contributed by atoms with Crippen molar-refractivity contribution in [3.63, 3.8) is 0 Å². The van der Waals surface area contributed by atoms with E-state index in [9.17, 15) is 4.79 Å². The lowest BCUT2D eigenvalue weighted by Gasteiger charge is -2.42. The highest BCUT2D eigenvalue weighted by Crippen LogP contribution is 2.45. The SMILES string of the molecule is CC1(C)CCC(C)(C)c2cc(COc3csc(C(=O)O)c3)ccc21. The molecule has 1 aromatic heterocycles. The quantitative estimate of drug-likeness (QED) is 0.810. The van der Waals surface area contributed by atoms with Crippen molar-refractivity contribution in [2.75, 3.05) is 0 Å². The van der Waals surface area contributed by atoms with Crippen LogP contribution in [0.1, 0.15) is 66.9 Å². The van der Waals surface area contributed by atoms with E-state index >= 15 is 0 Å². The van der Waals surface area contributed by atoms with Crippen LogP contribution in [-0.2, 0) is 17.4 Å². The maximum atomic E-state index is 10.9. The summed E-state index contributed by atoms with van der Waals surface area (Å²) >= 11 is 1.19. The number of carboxylic acid groups (broad SMARTS) is 1. The van der Waals surface area contributed by atoms with Crippen molar-refractivity contribution in [3.05, 3.63) is 51.2 Å². The summed E-state index contributed by atoms with van der Waals surface area (Å²) in [6.07, 6.45) is 2.39. The zero-order chi connectivity index (χ0) is 17.5. The van der Waals surface area contributed by atoms with Crippen LogP contribution in [0.5, 0.6) is 5.75 Å².